The Morgan fingerprint density at radius 1 is 1.00 bits per heavy atom. The third-order valence-electron chi connectivity index (χ3n) is 7.86. The van der Waals surface area contributed by atoms with Gasteiger partial charge in [0.05, 0.1) is 30.1 Å². The van der Waals surface area contributed by atoms with Crippen LogP contribution in [0.25, 0.3) is 0 Å². The molecule has 1 aliphatic rings. The molecule has 1 saturated heterocycles. The summed E-state index contributed by atoms with van der Waals surface area (Å²) >= 11 is 1.50. The van der Waals surface area contributed by atoms with E-state index in [4.69, 9.17) is 20.4 Å². The van der Waals surface area contributed by atoms with E-state index in [1.165, 1.54) is 16.7 Å². The summed E-state index contributed by atoms with van der Waals surface area (Å²) in [5, 5.41) is 1.75. The van der Waals surface area contributed by atoms with E-state index >= 15 is 0 Å². The predicted molar refractivity (Wildman–Crippen MR) is 169 cm³/mol. The molecule has 1 aliphatic heterocycles. The highest BCUT2D eigenvalue weighted by Gasteiger charge is 2.39. The molecule has 1 N–H and O–H groups in total. The summed E-state index contributed by atoms with van der Waals surface area (Å²) in [4.78, 5) is 50.8. The van der Waals surface area contributed by atoms with Crippen LogP contribution in [0.4, 0.5) is 5.69 Å². The molecule has 2 unspecified atom stereocenters. The molecule has 222 valence electrons. The molecule has 3 amide bonds. The van der Waals surface area contributed by atoms with Crippen LogP contribution in [-0.4, -0.2) is 67.8 Å². The Morgan fingerprint density at radius 2 is 1.61 bits per heavy atom. The monoisotopic (exact) mass is 580 g/mol. The highest BCUT2D eigenvalue weighted by Crippen LogP contribution is 2.34. The zero-order valence-electron chi connectivity index (χ0n) is 26.1. The quantitative estimate of drug-likeness (QED) is 0.218. The molecule has 1 aromatic rings. The Bertz CT molecular complexity index is 1100. The van der Waals surface area contributed by atoms with Gasteiger partial charge in [0, 0.05) is 25.0 Å². The van der Waals surface area contributed by atoms with Gasteiger partial charge < -0.3 is 14.8 Å². The van der Waals surface area contributed by atoms with Gasteiger partial charge in [0.25, 0.3) is 0 Å². The largest absolute Gasteiger partial charge is 0.376 e. The lowest BCUT2D eigenvalue weighted by molar-refractivity contribution is -0.123. The number of thioether (sulfide) groups is 1. The van der Waals surface area contributed by atoms with Gasteiger partial charge in [-0.25, -0.2) is 4.90 Å². The van der Waals surface area contributed by atoms with Crippen LogP contribution in [0.5, 0.6) is 0 Å². The number of imide groups is 1. The molecule has 10 heteroatoms. The van der Waals surface area contributed by atoms with Gasteiger partial charge in [-0.05, 0) is 87.6 Å². The van der Waals surface area contributed by atoms with Crippen LogP contribution >= 0.6 is 11.8 Å². The van der Waals surface area contributed by atoms with Gasteiger partial charge in [-0.1, -0.05) is 39.8 Å². The summed E-state index contributed by atoms with van der Waals surface area (Å²) in [7, 11) is 11.2. The van der Waals surface area contributed by atoms with Crippen LogP contribution in [0.3, 0.4) is 0 Å². The Kier molecular flexibility index (Phi) is 11.9. The van der Waals surface area contributed by atoms with Gasteiger partial charge in [-0.3, -0.25) is 14.4 Å². The third kappa shape index (κ3) is 10.3. The van der Waals surface area contributed by atoms with E-state index < -0.39 is 22.1 Å². The second-order valence-corrected chi connectivity index (χ2v) is 14.7. The summed E-state index contributed by atoms with van der Waals surface area (Å²) in [5.41, 5.74) is -0.0904. The van der Waals surface area contributed by atoms with Crippen LogP contribution in [0.1, 0.15) is 99.5 Å². The standard InChI is InChI=1S/C31H46B2N2O5S/c1-9-41-23-20-25(37)35(26(23)38)22-12-10-21(11-13-22)28(2,3)15-14-24(36)34-29(4,5)16-17-30(6,7)40-19-18-31(8,33)27(32)39/h10-13,23H,9,14-20H2,1-8H3,(H,34,36). The second-order valence-electron chi connectivity index (χ2n) is 13.2. The lowest BCUT2D eigenvalue weighted by atomic mass is 9.60. The molecule has 2 rings (SSSR count). The predicted octanol–water partition coefficient (Wildman–Crippen LogP) is 5.03. The van der Waals surface area contributed by atoms with Gasteiger partial charge >= 0.3 is 0 Å². The van der Waals surface area contributed by atoms with Crippen molar-refractivity contribution >= 4 is 56.5 Å². The number of carbonyl (C=O) groups is 4. The highest BCUT2D eigenvalue weighted by atomic mass is 32.2. The minimum Gasteiger partial charge on any atom is -0.376 e. The van der Waals surface area contributed by atoms with Gasteiger partial charge in [0.2, 0.25) is 17.7 Å². The molecule has 0 aliphatic carbocycles. The summed E-state index contributed by atoms with van der Waals surface area (Å²) < 4.78 is 5.98. The number of benzene rings is 1. The number of nitrogens with one attached hydrogen (secondary N) is 1. The number of amides is 3. The first-order valence-electron chi connectivity index (χ1n) is 14.4. The van der Waals surface area contributed by atoms with Crippen LogP contribution in [0, 0.1) is 0 Å². The lowest BCUT2D eigenvalue weighted by Gasteiger charge is -2.33. The molecule has 0 spiro atoms. The third-order valence-corrected chi connectivity index (χ3v) is 8.97. The van der Waals surface area contributed by atoms with E-state index in [1.54, 1.807) is 6.92 Å². The maximum atomic E-state index is 12.9. The second kappa shape index (κ2) is 13.9. The maximum Gasteiger partial charge on any atom is 0.247 e. The van der Waals surface area contributed by atoms with Crippen molar-refractivity contribution in [1.29, 1.82) is 0 Å². The first-order valence-corrected chi connectivity index (χ1v) is 15.5. The SMILES string of the molecule is [B]C(=O)C([B])(C)CCOC(C)(C)CCC(C)(C)NC(=O)CCC(C)(C)c1ccc(N2C(=O)CC(SCC)C2=O)cc1. The number of hydrogen-bond acceptors (Lipinski definition) is 6. The minimum absolute atomic E-state index is 0.0218. The lowest BCUT2D eigenvalue weighted by Crippen LogP contribution is -2.45. The Hall–Kier alpha value is -2.06. The Balaban J connectivity index is 1.87. The van der Waals surface area contributed by atoms with Crippen LogP contribution in [-0.2, 0) is 29.3 Å². The smallest absolute Gasteiger partial charge is 0.247 e. The van der Waals surface area contributed by atoms with Crippen molar-refractivity contribution in [2.45, 2.75) is 121 Å². The number of nitrogens with zero attached hydrogens (tertiary/aromatic N) is 1. The summed E-state index contributed by atoms with van der Waals surface area (Å²) in [5.74, 6) is 0.455. The van der Waals surface area contributed by atoms with Crippen molar-refractivity contribution in [2.24, 2.45) is 0 Å². The molecule has 0 aromatic heterocycles. The summed E-state index contributed by atoms with van der Waals surface area (Å²) in [6, 6.07) is 7.52. The molecular formula is C31H46B2N2O5S. The van der Waals surface area contributed by atoms with E-state index in [0.29, 0.717) is 44.4 Å². The van der Waals surface area contributed by atoms with Crippen molar-refractivity contribution in [1.82, 2.24) is 5.32 Å². The van der Waals surface area contributed by atoms with E-state index in [1.807, 2.05) is 58.9 Å². The van der Waals surface area contributed by atoms with Crippen LogP contribution in [0.2, 0.25) is 5.31 Å². The van der Waals surface area contributed by atoms with Crippen molar-refractivity contribution in [3.05, 3.63) is 29.8 Å². The zero-order chi connectivity index (χ0) is 31.2. The average Bonchev–Trinajstić information content (AvgIpc) is 3.14. The van der Waals surface area contributed by atoms with Gasteiger partial charge in [0.15, 0.2) is 7.85 Å². The number of rotatable bonds is 16. The van der Waals surface area contributed by atoms with Gasteiger partial charge in [-0.15, -0.1) is 11.8 Å². The zero-order valence-corrected chi connectivity index (χ0v) is 26.9. The first kappa shape index (κ1) is 35.1. The number of anilines is 1. The van der Waals surface area contributed by atoms with Crippen LogP contribution in [0.15, 0.2) is 24.3 Å². The maximum absolute atomic E-state index is 12.9. The molecular weight excluding hydrogens is 534 g/mol. The van der Waals surface area contributed by atoms with Crippen molar-refractivity contribution in [3.8, 4) is 0 Å². The molecule has 4 radical (unpaired) electrons. The fraction of sp³-hybridized carbons (Fsp3) is 0.677. The molecule has 1 heterocycles. The average molecular weight is 580 g/mol. The highest BCUT2D eigenvalue weighted by molar-refractivity contribution is 8.00. The Labute approximate surface area is 253 Å². The molecule has 1 fully saturated rings. The normalized spacial score (nSPS) is 18.0. The fourth-order valence-electron chi connectivity index (χ4n) is 4.69. The number of ether oxygens (including phenoxy) is 1. The minimum atomic E-state index is -1.11. The summed E-state index contributed by atoms with van der Waals surface area (Å²) in [6.45, 7) is 16.0. The number of hydrogen-bond donors (Lipinski definition) is 1. The molecule has 0 bridgehead atoms. The molecule has 0 saturated carbocycles. The molecule has 1 aromatic carbocycles. The van der Waals surface area contributed by atoms with Gasteiger partial charge in [0.1, 0.15) is 0 Å². The number of carbonyl (C=O) groups excluding carboxylic acids is 4. The Morgan fingerprint density at radius 3 is 2.17 bits per heavy atom. The van der Waals surface area contributed by atoms with E-state index in [-0.39, 0.29) is 34.8 Å². The topological polar surface area (TPSA) is 92.8 Å². The molecule has 41 heavy (non-hydrogen) atoms. The van der Waals surface area contributed by atoms with E-state index in [9.17, 15) is 19.2 Å². The fourth-order valence-corrected chi connectivity index (χ4v) is 5.60. The van der Waals surface area contributed by atoms with E-state index in [2.05, 4.69) is 19.2 Å². The van der Waals surface area contributed by atoms with Gasteiger partial charge in [-0.2, -0.15) is 0 Å². The van der Waals surface area contributed by atoms with Crippen molar-refractivity contribution in [3.63, 3.8) is 0 Å². The van der Waals surface area contributed by atoms with Crippen molar-refractivity contribution < 1.29 is 23.9 Å². The molecule has 7 nitrogen and oxygen atoms in total. The molecule has 2 atom stereocenters. The van der Waals surface area contributed by atoms with E-state index in [0.717, 1.165) is 11.3 Å². The van der Waals surface area contributed by atoms with Crippen molar-refractivity contribution in [2.75, 3.05) is 17.3 Å². The van der Waals surface area contributed by atoms with Crippen LogP contribution < -0.4 is 10.2 Å². The first-order chi connectivity index (χ1) is 18.8. The summed E-state index contributed by atoms with van der Waals surface area (Å²) in [6.07, 6.45) is 2.98.